The molecule has 0 saturated heterocycles. The van der Waals surface area contributed by atoms with Crippen molar-refractivity contribution in [1.29, 1.82) is 0 Å². The molecule has 1 amide bonds. The third-order valence-corrected chi connectivity index (χ3v) is 5.01. The molecule has 8 heteroatoms. The Bertz CT molecular complexity index is 832. The van der Waals surface area contributed by atoms with Gasteiger partial charge in [0.15, 0.2) is 11.5 Å². The number of rotatable bonds is 8. The van der Waals surface area contributed by atoms with Crippen molar-refractivity contribution in [2.75, 3.05) is 27.3 Å². The minimum Gasteiger partial charge on any atom is -0.493 e. The van der Waals surface area contributed by atoms with Crippen LogP contribution >= 0.6 is 11.3 Å². The third kappa shape index (κ3) is 4.97. The maximum Gasteiger partial charge on any atom is 0.323 e. The van der Waals surface area contributed by atoms with Gasteiger partial charge in [-0.25, -0.2) is 4.98 Å². The molecule has 0 fully saturated rings. The zero-order chi connectivity index (χ0) is 20.1. The number of thiazole rings is 1. The van der Waals surface area contributed by atoms with Gasteiger partial charge in [0, 0.05) is 12.1 Å². The second-order valence-corrected chi connectivity index (χ2v) is 7.48. The van der Waals surface area contributed by atoms with E-state index in [0.29, 0.717) is 33.6 Å². The van der Waals surface area contributed by atoms with Crippen molar-refractivity contribution in [1.82, 2.24) is 9.88 Å². The highest BCUT2D eigenvalue weighted by Crippen LogP contribution is 2.35. The van der Waals surface area contributed by atoms with Gasteiger partial charge in [-0.05, 0) is 31.0 Å². The molecule has 0 saturated carbocycles. The average molecular weight is 392 g/mol. The van der Waals surface area contributed by atoms with E-state index in [9.17, 15) is 9.59 Å². The Morgan fingerprint density at radius 3 is 2.44 bits per heavy atom. The molecule has 0 unspecified atom stereocenters. The van der Waals surface area contributed by atoms with Crippen LogP contribution in [0.4, 0.5) is 0 Å². The normalized spacial score (nSPS) is 10.7. The number of hydrogen-bond acceptors (Lipinski definition) is 6. The van der Waals surface area contributed by atoms with E-state index in [2.05, 4.69) is 4.98 Å². The van der Waals surface area contributed by atoms with E-state index in [1.807, 2.05) is 19.9 Å². The lowest BCUT2D eigenvalue weighted by atomic mass is 10.2. The number of hydrogen-bond donors (Lipinski definition) is 1. The Labute approximate surface area is 162 Å². The van der Waals surface area contributed by atoms with E-state index in [0.717, 1.165) is 5.56 Å². The van der Waals surface area contributed by atoms with Crippen LogP contribution in [0.2, 0.25) is 0 Å². The van der Waals surface area contributed by atoms with Crippen LogP contribution in [-0.2, 0) is 4.79 Å². The molecule has 0 aliphatic heterocycles. The number of ether oxygens (including phenoxy) is 2. The van der Waals surface area contributed by atoms with E-state index in [4.69, 9.17) is 14.6 Å². The van der Waals surface area contributed by atoms with E-state index >= 15 is 0 Å². The minimum atomic E-state index is -1.04. The van der Waals surface area contributed by atoms with Crippen molar-refractivity contribution in [2.45, 2.75) is 20.8 Å². The highest BCUT2D eigenvalue weighted by Gasteiger charge is 2.24. The van der Waals surface area contributed by atoms with Gasteiger partial charge in [-0.3, -0.25) is 9.59 Å². The van der Waals surface area contributed by atoms with Gasteiger partial charge in [0.25, 0.3) is 5.91 Å². The molecule has 1 heterocycles. The summed E-state index contributed by atoms with van der Waals surface area (Å²) in [6.45, 7) is 5.67. The van der Waals surface area contributed by atoms with Gasteiger partial charge in [0.1, 0.15) is 16.4 Å². The Morgan fingerprint density at radius 2 is 1.89 bits per heavy atom. The molecule has 27 heavy (non-hydrogen) atoms. The number of aromatic nitrogens is 1. The molecule has 0 bridgehead atoms. The maximum atomic E-state index is 12.9. The number of methoxy groups -OCH3 is 2. The first kappa shape index (κ1) is 20.7. The van der Waals surface area contributed by atoms with Gasteiger partial charge in [-0.15, -0.1) is 11.3 Å². The van der Waals surface area contributed by atoms with Crippen molar-refractivity contribution < 1.29 is 24.2 Å². The van der Waals surface area contributed by atoms with E-state index in [-0.39, 0.29) is 18.4 Å². The number of carbonyl (C=O) groups excluding carboxylic acids is 1. The van der Waals surface area contributed by atoms with Gasteiger partial charge < -0.3 is 19.5 Å². The zero-order valence-corrected chi connectivity index (χ0v) is 16.9. The summed E-state index contributed by atoms with van der Waals surface area (Å²) in [4.78, 5) is 30.3. The number of nitrogens with zero attached hydrogens (tertiary/aromatic N) is 2. The number of carbonyl (C=O) groups is 2. The third-order valence-electron chi connectivity index (χ3n) is 3.82. The monoisotopic (exact) mass is 392 g/mol. The number of carboxylic acids is 1. The van der Waals surface area contributed by atoms with Gasteiger partial charge in [0.2, 0.25) is 0 Å². The van der Waals surface area contributed by atoms with E-state index in [1.54, 1.807) is 33.3 Å². The molecule has 2 aromatic rings. The van der Waals surface area contributed by atoms with Crippen LogP contribution in [0.3, 0.4) is 0 Å². The summed E-state index contributed by atoms with van der Waals surface area (Å²) in [6.07, 6.45) is 0. The molecule has 2 rings (SSSR count). The average Bonchev–Trinajstić information content (AvgIpc) is 3.00. The van der Waals surface area contributed by atoms with Crippen LogP contribution in [0.5, 0.6) is 11.5 Å². The van der Waals surface area contributed by atoms with E-state index in [1.165, 1.54) is 16.2 Å². The number of amides is 1. The van der Waals surface area contributed by atoms with Crippen molar-refractivity contribution in [3.8, 4) is 22.1 Å². The van der Waals surface area contributed by atoms with Crippen molar-refractivity contribution in [3.63, 3.8) is 0 Å². The smallest absolute Gasteiger partial charge is 0.323 e. The first-order valence-corrected chi connectivity index (χ1v) is 9.29. The summed E-state index contributed by atoms with van der Waals surface area (Å²) >= 11 is 1.24. The zero-order valence-electron chi connectivity index (χ0n) is 16.1. The molecule has 1 aromatic heterocycles. The number of aryl methyl sites for hydroxylation is 1. The van der Waals surface area contributed by atoms with Crippen LogP contribution in [-0.4, -0.2) is 54.2 Å². The summed E-state index contributed by atoms with van der Waals surface area (Å²) in [5.74, 6) is -0.00982. The second-order valence-electron chi connectivity index (χ2n) is 6.48. The summed E-state index contributed by atoms with van der Waals surface area (Å²) in [5.41, 5.74) is 1.38. The van der Waals surface area contributed by atoms with Gasteiger partial charge in [-0.2, -0.15) is 0 Å². The van der Waals surface area contributed by atoms with Crippen molar-refractivity contribution in [2.24, 2.45) is 5.92 Å². The molecular weight excluding hydrogens is 368 g/mol. The fourth-order valence-electron chi connectivity index (χ4n) is 2.65. The Kier molecular flexibility index (Phi) is 6.79. The fraction of sp³-hybridized carbons (Fsp3) is 0.421. The fourth-order valence-corrected chi connectivity index (χ4v) is 3.68. The molecule has 0 aliphatic rings. The minimum absolute atomic E-state index is 0.159. The highest BCUT2D eigenvalue weighted by molar-refractivity contribution is 7.17. The predicted molar refractivity (Wildman–Crippen MR) is 104 cm³/mol. The summed E-state index contributed by atoms with van der Waals surface area (Å²) in [6, 6.07) is 5.42. The molecule has 1 N–H and O–H groups in total. The Morgan fingerprint density at radius 1 is 1.22 bits per heavy atom. The largest absolute Gasteiger partial charge is 0.493 e. The van der Waals surface area contributed by atoms with Crippen molar-refractivity contribution >= 4 is 23.2 Å². The Balaban J connectivity index is 2.37. The molecule has 0 atom stereocenters. The van der Waals surface area contributed by atoms with Gasteiger partial charge in [0.05, 0.1) is 19.9 Å². The van der Waals surface area contributed by atoms with Gasteiger partial charge >= 0.3 is 5.97 Å². The number of aliphatic carboxylic acids is 1. The molecular formula is C19H24N2O5S. The van der Waals surface area contributed by atoms with Crippen LogP contribution in [0.1, 0.15) is 29.2 Å². The molecule has 1 aromatic carbocycles. The number of benzene rings is 1. The van der Waals surface area contributed by atoms with Crippen LogP contribution in [0.25, 0.3) is 10.6 Å². The van der Waals surface area contributed by atoms with Crippen molar-refractivity contribution in [3.05, 3.63) is 28.8 Å². The predicted octanol–water partition coefficient (Wildman–Crippen LogP) is 3.32. The summed E-state index contributed by atoms with van der Waals surface area (Å²) in [5, 5.41) is 9.78. The molecule has 0 aliphatic carbocycles. The number of carboxylic acid groups (broad SMARTS) is 1. The standard InChI is InChI=1S/C19H24N2O5S/c1-11(2)9-21(10-16(22)23)19(24)17-12(3)20-18(27-17)13-6-7-14(25-4)15(8-13)26-5/h6-8,11H,9-10H2,1-5H3,(H,22,23). The molecule has 7 nitrogen and oxygen atoms in total. The highest BCUT2D eigenvalue weighted by atomic mass is 32.1. The molecule has 0 radical (unpaired) electrons. The molecule has 0 spiro atoms. The SMILES string of the molecule is COc1ccc(-c2nc(C)c(C(=O)N(CC(=O)O)CC(C)C)s2)cc1OC. The van der Waals surface area contributed by atoms with Gasteiger partial charge in [-0.1, -0.05) is 13.8 Å². The Hall–Kier alpha value is -2.61. The van der Waals surface area contributed by atoms with E-state index < -0.39 is 5.97 Å². The lowest BCUT2D eigenvalue weighted by Crippen LogP contribution is -2.38. The lowest BCUT2D eigenvalue weighted by molar-refractivity contribution is -0.137. The lowest BCUT2D eigenvalue weighted by Gasteiger charge is -2.22. The van der Waals surface area contributed by atoms with Crippen LogP contribution in [0, 0.1) is 12.8 Å². The maximum absolute atomic E-state index is 12.9. The second kappa shape index (κ2) is 8.85. The summed E-state index contributed by atoms with van der Waals surface area (Å²) < 4.78 is 10.6. The first-order valence-electron chi connectivity index (χ1n) is 8.47. The summed E-state index contributed by atoms with van der Waals surface area (Å²) in [7, 11) is 3.12. The van der Waals surface area contributed by atoms with Crippen LogP contribution in [0.15, 0.2) is 18.2 Å². The van der Waals surface area contributed by atoms with Crippen LogP contribution < -0.4 is 9.47 Å². The quantitative estimate of drug-likeness (QED) is 0.741. The molecule has 146 valence electrons. The topological polar surface area (TPSA) is 89.0 Å². The first-order chi connectivity index (χ1) is 12.8.